The van der Waals surface area contributed by atoms with E-state index in [0.29, 0.717) is 0 Å². The van der Waals surface area contributed by atoms with Gasteiger partial charge in [0.2, 0.25) is 0 Å². The third-order valence-corrected chi connectivity index (χ3v) is 3.38. The van der Waals surface area contributed by atoms with Crippen molar-refractivity contribution in [3.05, 3.63) is 84.4 Å². The van der Waals surface area contributed by atoms with Crippen molar-refractivity contribution in [1.29, 1.82) is 0 Å². The van der Waals surface area contributed by atoms with Gasteiger partial charge in [-0.25, -0.2) is 0 Å². The molecule has 0 spiro atoms. The highest BCUT2D eigenvalue weighted by Gasteiger charge is 1.99. The van der Waals surface area contributed by atoms with Crippen molar-refractivity contribution in [2.24, 2.45) is 0 Å². The summed E-state index contributed by atoms with van der Waals surface area (Å²) in [6, 6.07) is 27.9. The molecule has 112 valence electrons. The predicted octanol–water partition coefficient (Wildman–Crippen LogP) is 6.75. The predicted molar refractivity (Wildman–Crippen MR) is 98.0 cm³/mol. The molecule has 0 radical (unpaired) electrons. The first-order valence-electron chi connectivity index (χ1n) is 7.97. The molecular weight excluding hydrogens is 264 g/mol. The molecule has 0 aliphatic carbocycles. The zero-order valence-corrected chi connectivity index (χ0v) is 13.7. The molecule has 0 atom stereocenters. The summed E-state index contributed by atoms with van der Waals surface area (Å²) < 4.78 is 0. The van der Waals surface area contributed by atoms with Crippen molar-refractivity contribution >= 4 is 0 Å². The number of hydrogen-bond donors (Lipinski definition) is 0. The Morgan fingerprint density at radius 1 is 0.500 bits per heavy atom. The first-order valence-corrected chi connectivity index (χ1v) is 7.97. The molecule has 0 saturated heterocycles. The summed E-state index contributed by atoms with van der Waals surface area (Å²) >= 11 is 0. The second-order valence-electron chi connectivity index (χ2n) is 5.52. The lowest BCUT2D eigenvalue weighted by molar-refractivity contribution is 1.09. The average molecular weight is 288 g/mol. The molecule has 3 aromatic carbocycles. The van der Waals surface area contributed by atoms with Gasteiger partial charge in [-0.2, -0.15) is 0 Å². The summed E-state index contributed by atoms with van der Waals surface area (Å²) in [6.07, 6.45) is 1.25. The first kappa shape index (κ1) is 16.0. The van der Waals surface area contributed by atoms with Gasteiger partial charge in [0.15, 0.2) is 0 Å². The van der Waals surface area contributed by atoms with Gasteiger partial charge in [0, 0.05) is 0 Å². The van der Waals surface area contributed by atoms with Crippen molar-refractivity contribution in [2.45, 2.75) is 27.2 Å². The molecule has 0 saturated carbocycles. The van der Waals surface area contributed by atoms with Crippen LogP contribution in [0.4, 0.5) is 0 Å². The van der Waals surface area contributed by atoms with Gasteiger partial charge >= 0.3 is 0 Å². The average Bonchev–Trinajstić information content (AvgIpc) is 2.57. The molecule has 0 unspecified atom stereocenters. The summed E-state index contributed by atoms with van der Waals surface area (Å²) in [6.45, 7) is 6.36. The normalized spacial score (nSPS) is 9.77. The van der Waals surface area contributed by atoms with Crippen molar-refractivity contribution in [1.82, 2.24) is 0 Å². The van der Waals surface area contributed by atoms with Gasteiger partial charge in [0.05, 0.1) is 0 Å². The van der Waals surface area contributed by atoms with Crippen molar-refractivity contribution in [3.8, 4) is 22.3 Å². The molecule has 3 aromatic rings. The van der Waals surface area contributed by atoms with Crippen LogP contribution in [0.25, 0.3) is 22.3 Å². The van der Waals surface area contributed by atoms with E-state index in [1.807, 2.05) is 6.07 Å². The first-order chi connectivity index (χ1) is 10.7. The highest BCUT2D eigenvalue weighted by atomic mass is 14.0. The van der Waals surface area contributed by atoms with E-state index in [2.05, 4.69) is 93.6 Å². The van der Waals surface area contributed by atoms with Crippen LogP contribution < -0.4 is 0 Å². The quantitative estimate of drug-likeness (QED) is 0.489. The number of aryl methyl sites for hydroxylation is 1. The van der Waals surface area contributed by atoms with Gasteiger partial charge in [-0.15, -0.1) is 0 Å². The van der Waals surface area contributed by atoms with Crippen molar-refractivity contribution < 1.29 is 0 Å². The van der Waals surface area contributed by atoms with Gasteiger partial charge in [0.25, 0.3) is 0 Å². The standard InChI is InChI=1S/C19H16.C3H8/c1-15-7-9-17(10-8-15)19-13-11-18(12-14-19)16-5-3-2-4-6-16;1-3-2/h2-14H,1H3;3H2,1-2H3. The van der Waals surface area contributed by atoms with Crippen LogP contribution in [0.2, 0.25) is 0 Å². The zero-order chi connectivity index (χ0) is 15.8. The molecule has 0 N–H and O–H groups in total. The van der Waals surface area contributed by atoms with Gasteiger partial charge in [-0.1, -0.05) is 105 Å². The van der Waals surface area contributed by atoms with Crippen LogP contribution in [0.3, 0.4) is 0 Å². The Kier molecular flexibility index (Phi) is 5.97. The largest absolute Gasteiger partial charge is 0.0656 e. The smallest absolute Gasteiger partial charge is 0.0184 e. The second kappa shape index (κ2) is 8.19. The van der Waals surface area contributed by atoms with Crippen LogP contribution in [0.1, 0.15) is 25.8 Å². The lowest BCUT2D eigenvalue weighted by Gasteiger charge is -2.05. The van der Waals surface area contributed by atoms with E-state index in [4.69, 9.17) is 0 Å². The SMILES string of the molecule is CCC.Cc1ccc(-c2ccc(-c3ccccc3)cc2)cc1. The van der Waals surface area contributed by atoms with E-state index in [0.717, 1.165) is 0 Å². The van der Waals surface area contributed by atoms with Crippen LogP contribution in [-0.2, 0) is 0 Å². The van der Waals surface area contributed by atoms with E-state index >= 15 is 0 Å². The number of hydrogen-bond acceptors (Lipinski definition) is 0. The number of rotatable bonds is 2. The maximum Gasteiger partial charge on any atom is -0.0184 e. The lowest BCUT2D eigenvalue weighted by Crippen LogP contribution is -1.80. The molecule has 3 rings (SSSR count). The monoisotopic (exact) mass is 288 g/mol. The van der Waals surface area contributed by atoms with Crippen molar-refractivity contribution in [2.75, 3.05) is 0 Å². The Morgan fingerprint density at radius 3 is 1.23 bits per heavy atom. The van der Waals surface area contributed by atoms with E-state index in [9.17, 15) is 0 Å². The summed E-state index contributed by atoms with van der Waals surface area (Å²) in [5, 5.41) is 0. The molecule has 0 bridgehead atoms. The highest BCUT2D eigenvalue weighted by molar-refractivity contribution is 5.70. The Bertz CT molecular complexity index is 661. The molecule has 22 heavy (non-hydrogen) atoms. The van der Waals surface area contributed by atoms with E-state index < -0.39 is 0 Å². The molecule has 0 aliphatic rings. The molecular formula is C22H24. The molecule has 0 amide bonds. The lowest BCUT2D eigenvalue weighted by atomic mass is 10.00. The molecule has 0 nitrogen and oxygen atoms in total. The van der Waals surface area contributed by atoms with Gasteiger partial charge in [0.1, 0.15) is 0 Å². The fourth-order valence-electron chi connectivity index (χ4n) is 2.23. The fraction of sp³-hybridized carbons (Fsp3) is 0.182. The highest BCUT2D eigenvalue weighted by Crippen LogP contribution is 2.24. The molecule has 0 heteroatoms. The van der Waals surface area contributed by atoms with Gasteiger partial charge in [-0.05, 0) is 29.2 Å². The molecule has 0 aromatic heterocycles. The maximum atomic E-state index is 2.19. The van der Waals surface area contributed by atoms with Crippen molar-refractivity contribution in [3.63, 3.8) is 0 Å². The Hall–Kier alpha value is -2.34. The summed E-state index contributed by atoms with van der Waals surface area (Å²) in [4.78, 5) is 0. The zero-order valence-electron chi connectivity index (χ0n) is 13.7. The Morgan fingerprint density at radius 2 is 0.818 bits per heavy atom. The van der Waals surface area contributed by atoms with Crippen LogP contribution in [0.5, 0.6) is 0 Å². The summed E-state index contributed by atoms with van der Waals surface area (Å²) in [5.41, 5.74) is 6.35. The van der Waals surface area contributed by atoms with E-state index in [1.54, 1.807) is 0 Å². The molecule has 0 heterocycles. The summed E-state index contributed by atoms with van der Waals surface area (Å²) in [7, 11) is 0. The van der Waals surface area contributed by atoms with Gasteiger partial charge in [-0.3, -0.25) is 0 Å². The van der Waals surface area contributed by atoms with Crippen LogP contribution >= 0.6 is 0 Å². The van der Waals surface area contributed by atoms with Crippen LogP contribution in [-0.4, -0.2) is 0 Å². The van der Waals surface area contributed by atoms with Gasteiger partial charge < -0.3 is 0 Å². The maximum absolute atomic E-state index is 2.19. The fourth-order valence-corrected chi connectivity index (χ4v) is 2.23. The molecule has 0 aliphatic heterocycles. The van der Waals surface area contributed by atoms with Crippen LogP contribution in [0, 0.1) is 6.92 Å². The second-order valence-corrected chi connectivity index (χ2v) is 5.52. The topological polar surface area (TPSA) is 0 Å². The molecule has 0 fully saturated rings. The third kappa shape index (κ3) is 4.33. The minimum Gasteiger partial charge on any atom is -0.0656 e. The summed E-state index contributed by atoms with van der Waals surface area (Å²) in [5.74, 6) is 0. The van der Waals surface area contributed by atoms with E-state index in [1.165, 1.54) is 34.2 Å². The Labute approximate surface area is 134 Å². The minimum atomic E-state index is 1.25. The number of benzene rings is 3. The Balaban J connectivity index is 0.000000545. The van der Waals surface area contributed by atoms with E-state index in [-0.39, 0.29) is 0 Å². The minimum absolute atomic E-state index is 1.25. The van der Waals surface area contributed by atoms with Crippen LogP contribution in [0.15, 0.2) is 78.9 Å². The third-order valence-electron chi connectivity index (χ3n) is 3.38.